The highest BCUT2D eigenvalue weighted by Gasteiger charge is 2.09. The molecule has 122 valence electrons. The van der Waals surface area contributed by atoms with Gasteiger partial charge in [-0.05, 0) is 28.9 Å². The van der Waals surface area contributed by atoms with Gasteiger partial charge < -0.3 is 9.84 Å². The van der Waals surface area contributed by atoms with E-state index >= 15 is 0 Å². The Balaban J connectivity index is 1.99. The number of nitrogens with zero attached hydrogens (tertiary/aromatic N) is 2. The van der Waals surface area contributed by atoms with Gasteiger partial charge in [0.25, 0.3) is 0 Å². The van der Waals surface area contributed by atoms with Gasteiger partial charge in [-0.1, -0.05) is 0 Å². The van der Waals surface area contributed by atoms with Gasteiger partial charge in [0.1, 0.15) is 11.6 Å². The fourth-order valence-electron chi connectivity index (χ4n) is 1.65. The number of ether oxygens (including phenoxy) is 1. The van der Waals surface area contributed by atoms with E-state index < -0.39 is 5.82 Å². The van der Waals surface area contributed by atoms with Crippen molar-refractivity contribution >= 4 is 44.6 Å². The van der Waals surface area contributed by atoms with Crippen LogP contribution >= 0.6 is 27.3 Å². The Bertz CT molecular complexity index is 713. The number of benzene rings is 1. The van der Waals surface area contributed by atoms with Gasteiger partial charge in [0.2, 0.25) is 5.13 Å². The molecule has 0 radical (unpaired) electrons. The van der Waals surface area contributed by atoms with Crippen LogP contribution in [0.1, 0.15) is 18.2 Å². The summed E-state index contributed by atoms with van der Waals surface area (Å²) in [5.41, 5.74) is 3.60. The zero-order valence-electron chi connectivity index (χ0n) is 12.0. The zero-order chi connectivity index (χ0) is 16.8. The molecule has 0 saturated heterocycles. The van der Waals surface area contributed by atoms with Crippen molar-refractivity contribution < 1.29 is 19.0 Å². The summed E-state index contributed by atoms with van der Waals surface area (Å²) in [6.45, 7) is 2.07. The number of hydrogen-bond donors (Lipinski definition) is 2. The summed E-state index contributed by atoms with van der Waals surface area (Å²) in [5.74, 6) is -1.12. The first-order valence-electron chi connectivity index (χ1n) is 6.56. The lowest BCUT2D eigenvalue weighted by atomic mass is 10.2. The van der Waals surface area contributed by atoms with E-state index in [0.717, 1.165) is 6.07 Å². The molecule has 1 aromatic carbocycles. The number of halogens is 2. The number of thiazole rings is 1. The molecule has 1 aromatic heterocycles. The summed E-state index contributed by atoms with van der Waals surface area (Å²) < 4.78 is 18.3. The number of phenolic OH excluding ortho intramolecular Hbond substituents is 1. The molecule has 0 aliphatic rings. The van der Waals surface area contributed by atoms with Crippen LogP contribution in [0, 0.1) is 5.82 Å². The Morgan fingerprint density at radius 2 is 2.39 bits per heavy atom. The third-order valence-electron chi connectivity index (χ3n) is 2.61. The Kier molecular flexibility index (Phi) is 6.05. The average molecular weight is 402 g/mol. The Hall–Kier alpha value is -2.00. The summed E-state index contributed by atoms with van der Waals surface area (Å²) in [6, 6.07) is 2.22. The maximum atomic E-state index is 13.1. The van der Waals surface area contributed by atoms with Crippen LogP contribution in [0.5, 0.6) is 5.75 Å². The maximum absolute atomic E-state index is 13.1. The minimum absolute atomic E-state index is 0.0973. The first-order chi connectivity index (χ1) is 11.0. The van der Waals surface area contributed by atoms with Gasteiger partial charge in [0.15, 0.2) is 0 Å². The summed E-state index contributed by atoms with van der Waals surface area (Å²) in [5, 5.41) is 15.8. The molecule has 1 heterocycles. The van der Waals surface area contributed by atoms with E-state index in [4.69, 9.17) is 4.74 Å². The Labute approximate surface area is 144 Å². The van der Waals surface area contributed by atoms with Crippen LogP contribution in [0.15, 0.2) is 27.1 Å². The molecule has 0 spiro atoms. The fraction of sp³-hybridized carbons (Fsp3) is 0.214. The molecule has 0 saturated carbocycles. The van der Waals surface area contributed by atoms with E-state index in [1.54, 1.807) is 12.3 Å². The summed E-state index contributed by atoms with van der Waals surface area (Å²) in [4.78, 5) is 15.5. The minimum atomic E-state index is -0.553. The van der Waals surface area contributed by atoms with E-state index in [1.165, 1.54) is 23.6 Å². The van der Waals surface area contributed by atoms with Crippen molar-refractivity contribution in [2.75, 3.05) is 12.0 Å². The van der Waals surface area contributed by atoms with Gasteiger partial charge in [-0.2, -0.15) is 5.10 Å². The van der Waals surface area contributed by atoms with E-state index in [1.807, 2.05) is 0 Å². The molecule has 0 amide bonds. The molecule has 0 aliphatic carbocycles. The van der Waals surface area contributed by atoms with Gasteiger partial charge in [-0.25, -0.2) is 9.37 Å². The van der Waals surface area contributed by atoms with E-state index in [-0.39, 0.29) is 18.1 Å². The molecule has 0 fully saturated rings. The normalized spacial score (nSPS) is 10.9. The lowest BCUT2D eigenvalue weighted by Crippen LogP contribution is -2.07. The van der Waals surface area contributed by atoms with Gasteiger partial charge >= 0.3 is 5.97 Å². The quantitative estimate of drug-likeness (QED) is 0.440. The zero-order valence-corrected chi connectivity index (χ0v) is 14.4. The number of aromatic nitrogens is 1. The highest BCUT2D eigenvalue weighted by molar-refractivity contribution is 9.10. The Morgan fingerprint density at radius 1 is 1.61 bits per heavy atom. The van der Waals surface area contributed by atoms with Crippen molar-refractivity contribution in [3.05, 3.63) is 39.1 Å². The van der Waals surface area contributed by atoms with Crippen molar-refractivity contribution in [3.63, 3.8) is 0 Å². The molecule has 0 unspecified atom stereocenters. The number of nitrogens with one attached hydrogen (secondary N) is 1. The van der Waals surface area contributed by atoms with Crippen LogP contribution in [-0.2, 0) is 16.0 Å². The number of rotatable bonds is 6. The molecule has 0 bridgehead atoms. The molecule has 2 N–H and O–H groups in total. The van der Waals surface area contributed by atoms with E-state index in [9.17, 15) is 14.3 Å². The second-order valence-corrected chi connectivity index (χ2v) is 6.03. The third kappa shape index (κ3) is 5.00. The van der Waals surface area contributed by atoms with Gasteiger partial charge in [-0.15, -0.1) is 11.3 Å². The molecule has 0 aliphatic heterocycles. The fourth-order valence-corrected chi connectivity index (χ4v) is 2.83. The van der Waals surface area contributed by atoms with E-state index in [0.29, 0.717) is 27.5 Å². The summed E-state index contributed by atoms with van der Waals surface area (Å²) >= 11 is 4.42. The van der Waals surface area contributed by atoms with Crippen molar-refractivity contribution in [1.82, 2.24) is 4.98 Å². The highest BCUT2D eigenvalue weighted by Crippen LogP contribution is 2.26. The predicted molar refractivity (Wildman–Crippen MR) is 89.4 cm³/mol. The Morgan fingerprint density at radius 3 is 3.09 bits per heavy atom. The van der Waals surface area contributed by atoms with Crippen LogP contribution in [-0.4, -0.2) is 28.9 Å². The lowest BCUT2D eigenvalue weighted by Gasteiger charge is -2.02. The monoisotopic (exact) mass is 401 g/mol. The number of hydrogen-bond acceptors (Lipinski definition) is 7. The molecular formula is C14H13BrFN3O3S. The van der Waals surface area contributed by atoms with Crippen molar-refractivity contribution in [2.45, 2.75) is 13.3 Å². The molecule has 2 aromatic rings. The van der Waals surface area contributed by atoms with Crippen LogP contribution in [0.3, 0.4) is 0 Å². The second-order valence-electron chi connectivity index (χ2n) is 4.32. The lowest BCUT2D eigenvalue weighted by molar-refractivity contribution is -0.142. The molecular weight excluding hydrogens is 389 g/mol. The summed E-state index contributed by atoms with van der Waals surface area (Å²) in [7, 11) is 0. The number of carbonyl (C=O) groups is 1. The molecule has 0 atom stereocenters. The SMILES string of the molecule is CCOC(=O)Cc1csc(NN=Cc2c(O)cc(F)cc2Br)n1. The molecule has 23 heavy (non-hydrogen) atoms. The topological polar surface area (TPSA) is 83.8 Å². The largest absolute Gasteiger partial charge is 0.507 e. The van der Waals surface area contributed by atoms with Crippen molar-refractivity contribution in [2.24, 2.45) is 5.10 Å². The minimum Gasteiger partial charge on any atom is -0.507 e. The second kappa shape index (κ2) is 8.02. The smallest absolute Gasteiger partial charge is 0.311 e. The first kappa shape index (κ1) is 17.4. The van der Waals surface area contributed by atoms with Gasteiger partial charge in [0, 0.05) is 15.9 Å². The number of hydrazone groups is 1. The molecule has 2 rings (SSSR count). The number of phenols is 1. The van der Waals surface area contributed by atoms with Crippen molar-refractivity contribution in [1.29, 1.82) is 0 Å². The summed E-state index contributed by atoms with van der Waals surface area (Å²) in [6.07, 6.45) is 1.44. The number of carbonyl (C=O) groups excluding carboxylic acids is 1. The standard InChI is InChI=1S/C14H13BrFN3O3S/c1-2-22-13(21)5-9-7-23-14(18-9)19-17-6-10-11(15)3-8(16)4-12(10)20/h3-4,6-7,20H,2,5H2,1H3,(H,18,19). The molecule has 9 heteroatoms. The average Bonchev–Trinajstić information content (AvgIpc) is 2.89. The molecule has 6 nitrogen and oxygen atoms in total. The maximum Gasteiger partial charge on any atom is 0.311 e. The highest BCUT2D eigenvalue weighted by atomic mass is 79.9. The third-order valence-corrected chi connectivity index (χ3v) is 4.06. The van der Waals surface area contributed by atoms with Crippen LogP contribution in [0.2, 0.25) is 0 Å². The van der Waals surface area contributed by atoms with E-state index in [2.05, 4.69) is 31.4 Å². The number of aromatic hydroxyl groups is 1. The van der Waals surface area contributed by atoms with Crippen LogP contribution in [0.4, 0.5) is 9.52 Å². The van der Waals surface area contributed by atoms with Gasteiger partial charge in [-0.3, -0.25) is 10.2 Å². The number of esters is 1. The van der Waals surface area contributed by atoms with Crippen LogP contribution in [0.25, 0.3) is 0 Å². The first-order valence-corrected chi connectivity index (χ1v) is 8.24. The van der Waals surface area contributed by atoms with Crippen LogP contribution < -0.4 is 5.43 Å². The predicted octanol–water partition coefficient (Wildman–Crippen LogP) is 3.30. The van der Waals surface area contributed by atoms with Gasteiger partial charge in [0.05, 0.1) is 30.5 Å². The number of anilines is 1. The van der Waals surface area contributed by atoms with Crippen molar-refractivity contribution in [3.8, 4) is 5.75 Å².